The number of nitrogens with one attached hydrogen (secondary N) is 1. The predicted octanol–water partition coefficient (Wildman–Crippen LogP) is 3.42. The van der Waals surface area contributed by atoms with Crippen LogP contribution in [0.5, 0.6) is 5.75 Å². The molecule has 3 rings (SSSR count). The number of thioether (sulfide) groups is 1. The number of carbonyl (C=O) groups is 2. The first kappa shape index (κ1) is 14.4. The number of furan rings is 1. The van der Waals surface area contributed by atoms with E-state index >= 15 is 0 Å². The predicted molar refractivity (Wildman–Crippen MR) is 79.8 cm³/mol. The van der Waals surface area contributed by atoms with Crippen LogP contribution >= 0.6 is 11.8 Å². The average molecular weight is 319 g/mol. The number of ether oxygens (including phenoxy) is 1. The van der Waals surface area contributed by atoms with Crippen molar-refractivity contribution < 1.29 is 23.1 Å². The number of rotatable bonds is 3. The fourth-order valence-corrected chi connectivity index (χ4v) is 2.66. The maximum atomic E-state index is 13.2. The molecule has 5 nitrogen and oxygen atoms in total. The van der Waals surface area contributed by atoms with Gasteiger partial charge in [-0.25, -0.2) is 4.39 Å². The monoisotopic (exact) mass is 319 g/mol. The number of carbonyl (C=O) groups excluding carboxylic acids is 2. The molecule has 22 heavy (non-hydrogen) atoms. The second-order valence-electron chi connectivity index (χ2n) is 4.40. The number of hydrogen-bond acceptors (Lipinski definition) is 5. The van der Waals surface area contributed by atoms with Gasteiger partial charge >= 0.3 is 0 Å². The SMILES string of the molecule is COc1cc(F)ccc1-c1ccc(/C=C2\SC(=O)NC2=O)o1. The van der Waals surface area contributed by atoms with E-state index < -0.39 is 17.0 Å². The lowest BCUT2D eigenvalue weighted by molar-refractivity contribution is -0.115. The van der Waals surface area contributed by atoms with Gasteiger partial charge < -0.3 is 9.15 Å². The highest BCUT2D eigenvalue weighted by Gasteiger charge is 2.25. The summed E-state index contributed by atoms with van der Waals surface area (Å²) < 4.78 is 23.9. The van der Waals surface area contributed by atoms with Crippen molar-refractivity contribution in [1.29, 1.82) is 0 Å². The summed E-state index contributed by atoms with van der Waals surface area (Å²) in [6, 6.07) is 7.44. The van der Waals surface area contributed by atoms with E-state index in [9.17, 15) is 14.0 Å². The van der Waals surface area contributed by atoms with Gasteiger partial charge in [0.2, 0.25) is 0 Å². The van der Waals surface area contributed by atoms with Gasteiger partial charge in [0.05, 0.1) is 17.6 Å². The fourth-order valence-electron chi connectivity index (χ4n) is 1.99. The Morgan fingerprint density at radius 1 is 1.27 bits per heavy atom. The molecule has 0 saturated carbocycles. The summed E-state index contributed by atoms with van der Waals surface area (Å²) in [6.07, 6.45) is 1.48. The molecule has 1 aliphatic heterocycles. The van der Waals surface area contributed by atoms with Gasteiger partial charge in [-0.05, 0) is 36.0 Å². The summed E-state index contributed by atoms with van der Waals surface area (Å²) in [6.45, 7) is 0. The van der Waals surface area contributed by atoms with Crippen LogP contribution in [-0.2, 0) is 4.79 Å². The quantitative estimate of drug-likeness (QED) is 0.878. The zero-order valence-corrected chi connectivity index (χ0v) is 12.2. The topological polar surface area (TPSA) is 68.5 Å². The highest BCUT2D eigenvalue weighted by Crippen LogP contribution is 2.33. The highest BCUT2D eigenvalue weighted by molar-refractivity contribution is 8.18. The van der Waals surface area contributed by atoms with Crippen molar-refractivity contribution in [3.05, 3.63) is 46.8 Å². The van der Waals surface area contributed by atoms with Gasteiger partial charge in [-0.15, -0.1) is 0 Å². The van der Waals surface area contributed by atoms with Crippen LogP contribution in [0.4, 0.5) is 9.18 Å². The Labute approximate surface area is 129 Å². The lowest BCUT2D eigenvalue weighted by Crippen LogP contribution is -2.17. The minimum Gasteiger partial charge on any atom is -0.496 e. The van der Waals surface area contributed by atoms with Gasteiger partial charge in [0.15, 0.2) is 0 Å². The molecule has 7 heteroatoms. The number of halogens is 1. The van der Waals surface area contributed by atoms with Crippen LogP contribution in [0.1, 0.15) is 5.76 Å². The lowest BCUT2D eigenvalue weighted by atomic mass is 10.1. The molecule has 1 aromatic carbocycles. The third kappa shape index (κ3) is 2.75. The third-order valence-electron chi connectivity index (χ3n) is 2.97. The summed E-state index contributed by atoms with van der Waals surface area (Å²) in [7, 11) is 1.44. The number of hydrogen-bond donors (Lipinski definition) is 1. The van der Waals surface area contributed by atoms with Gasteiger partial charge in [-0.2, -0.15) is 0 Å². The van der Waals surface area contributed by atoms with E-state index in [0.717, 1.165) is 11.8 Å². The largest absolute Gasteiger partial charge is 0.496 e. The second kappa shape index (κ2) is 5.69. The van der Waals surface area contributed by atoms with E-state index in [1.54, 1.807) is 18.2 Å². The summed E-state index contributed by atoms with van der Waals surface area (Å²) in [4.78, 5) is 22.8. The first-order valence-electron chi connectivity index (χ1n) is 6.25. The van der Waals surface area contributed by atoms with Crippen LogP contribution in [0, 0.1) is 5.82 Å². The smallest absolute Gasteiger partial charge is 0.290 e. The molecular formula is C15H10FNO4S. The van der Waals surface area contributed by atoms with Crippen molar-refractivity contribution >= 4 is 29.0 Å². The van der Waals surface area contributed by atoms with Crippen molar-refractivity contribution in [2.75, 3.05) is 7.11 Å². The fraction of sp³-hybridized carbons (Fsp3) is 0.0667. The van der Waals surface area contributed by atoms with Crippen LogP contribution in [0.25, 0.3) is 17.4 Å². The molecule has 1 saturated heterocycles. The summed E-state index contributed by atoms with van der Waals surface area (Å²) >= 11 is 0.810. The van der Waals surface area contributed by atoms with Gasteiger partial charge in [-0.1, -0.05) is 0 Å². The molecule has 1 aliphatic rings. The van der Waals surface area contributed by atoms with E-state index in [0.29, 0.717) is 22.8 Å². The van der Waals surface area contributed by atoms with Crippen molar-refractivity contribution in [1.82, 2.24) is 5.32 Å². The zero-order chi connectivity index (χ0) is 15.7. The van der Waals surface area contributed by atoms with Crippen LogP contribution in [0.2, 0.25) is 0 Å². The first-order valence-corrected chi connectivity index (χ1v) is 7.07. The number of benzene rings is 1. The minimum atomic E-state index is -0.452. The van der Waals surface area contributed by atoms with Crippen molar-refractivity contribution in [3.63, 3.8) is 0 Å². The average Bonchev–Trinajstić information content (AvgIpc) is 3.06. The molecule has 2 amide bonds. The van der Waals surface area contributed by atoms with Gasteiger partial charge in [-0.3, -0.25) is 14.9 Å². The van der Waals surface area contributed by atoms with Crippen LogP contribution in [0.15, 0.2) is 39.7 Å². The van der Waals surface area contributed by atoms with E-state index in [1.165, 1.54) is 25.3 Å². The Kier molecular flexibility index (Phi) is 3.72. The van der Waals surface area contributed by atoms with Crippen molar-refractivity contribution in [2.45, 2.75) is 0 Å². The van der Waals surface area contributed by atoms with Crippen molar-refractivity contribution in [3.8, 4) is 17.1 Å². The van der Waals surface area contributed by atoms with E-state index in [-0.39, 0.29) is 4.91 Å². The molecule has 0 radical (unpaired) electrons. The molecule has 1 fully saturated rings. The third-order valence-corrected chi connectivity index (χ3v) is 3.78. The number of imide groups is 1. The molecule has 2 heterocycles. The lowest BCUT2D eigenvalue weighted by Gasteiger charge is -2.05. The maximum Gasteiger partial charge on any atom is 0.290 e. The zero-order valence-electron chi connectivity index (χ0n) is 11.4. The Balaban J connectivity index is 1.93. The Morgan fingerprint density at radius 2 is 2.09 bits per heavy atom. The van der Waals surface area contributed by atoms with E-state index in [4.69, 9.17) is 9.15 Å². The van der Waals surface area contributed by atoms with Gasteiger partial charge in [0.1, 0.15) is 23.1 Å². The molecule has 0 atom stereocenters. The molecule has 0 unspecified atom stereocenters. The minimum absolute atomic E-state index is 0.261. The second-order valence-corrected chi connectivity index (χ2v) is 5.41. The van der Waals surface area contributed by atoms with Crippen molar-refractivity contribution in [2.24, 2.45) is 0 Å². The Hall–Kier alpha value is -2.54. The molecule has 1 aromatic heterocycles. The van der Waals surface area contributed by atoms with E-state index in [1.807, 2.05) is 0 Å². The molecule has 0 aliphatic carbocycles. The normalized spacial score (nSPS) is 16.2. The van der Waals surface area contributed by atoms with Gasteiger partial charge in [0.25, 0.3) is 11.1 Å². The molecular weight excluding hydrogens is 309 g/mol. The maximum absolute atomic E-state index is 13.2. The van der Waals surface area contributed by atoms with E-state index in [2.05, 4.69) is 5.32 Å². The first-order chi connectivity index (χ1) is 10.6. The van der Waals surface area contributed by atoms with Crippen LogP contribution < -0.4 is 10.1 Å². The Bertz CT molecular complexity index is 797. The number of methoxy groups -OCH3 is 1. The highest BCUT2D eigenvalue weighted by atomic mass is 32.2. The standard InChI is InChI=1S/C15H10FNO4S/c1-20-12-6-8(16)2-4-10(12)11-5-3-9(21-11)7-13-14(18)17-15(19)22-13/h2-7H,1H3,(H,17,18,19)/b13-7-. The van der Waals surface area contributed by atoms with Crippen LogP contribution in [-0.4, -0.2) is 18.3 Å². The molecule has 0 spiro atoms. The Morgan fingerprint density at radius 3 is 2.77 bits per heavy atom. The number of amides is 2. The summed E-state index contributed by atoms with van der Waals surface area (Å²) in [5, 5.41) is 1.75. The summed E-state index contributed by atoms with van der Waals surface area (Å²) in [5.74, 6) is 0.364. The van der Waals surface area contributed by atoms with Gasteiger partial charge in [0, 0.05) is 12.1 Å². The molecule has 112 valence electrons. The molecule has 2 aromatic rings. The molecule has 0 bridgehead atoms. The summed E-state index contributed by atoms with van der Waals surface area (Å²) in [5.41, 5.74) is 0.591. The van der Waals surface area contributed by atoms with Crippen LogP contribution in [0.3, 0.4) is 0 Å². The molecule has 1 N–H and O–H groups in total.